The van der Waals surface area contributed by atoms with E-state index in [0.29, 0.717) is 30.4 Å². The molecular weight excluding hydrogens is 298 g/mol. The van der Waals surface area contributed by atoms with E-state index in [4.69, 9.17) is 11.6 Å². The summed E-state index contributed by atoms with van der Waals surface area (Å²) >= 11 is 5.80. The number of aromatic nitrogens is 1. The maximum atomic E-state index is 12.7. The van der Waals surface area contributed by atoms with Gasteiger partial charge < -0.3 is 9.47 Å². The summed E-state index contributed by atoms with van der Waals surface area (Å²) in [6, 6.07) is 1.65. The maximum Gasteiger partial charge on any atom is 0.244 e. The van der Waals surface area contributed by atoms with Gasteiger partial charge in [0, 0.05) is 38.6 Å². The van der Waals surface area contributed by atoms with Crippen LogP contribution in [-0.2, 0) is 23.0 Å². The molecule has 0 radical (unpaired) electrons. The number of nitrogens with zero attached hydrogens (tertiary/aromatic N) is 3. The number of likely N-dealkylation sites (N-methyl/N-ethyl adjacent to an activating group) is 1. The van der Waals surface area contributed by atoms with Crippen molar-refractivity contribution in [3.05, 3.63) is 18.0 Å². The first-order valence-electron chi connectivity index (χ1n) is 6.69. The largest absolute Gasteiger partial charge is 0.352 e. The minimum absolute atomic E-state index is 0.303. The molecule has 0 aliphatic carbocycles. The lowest BCUT2D eigenvalue weighted by Crippen LogP contribution is -2.37. The van der Waals surface area contributed by atoms with Crippen molar-refractivity contribution in [2.75, 3.05) is 33.7 Å². The summed E-state index contributed by atoms with van der Waals surface area (Å²) in [6.07, 6.45) is 2.42. The molecule has 1 heterocycles. The number of alkyl halides is 1. The topological polar surface area (TPSA) is 45.6 Å². The van der Waals surface area contributed by atoms with Gasteiger partial charge in [0.05, 0.1) is 5.88 Å². The number of aryl methyl sites for hydroxylation is 1. The summed E-state index contributed by atoms with van der Waals surface area (Å²) in [7, 11) is 2.23. The smallest absolute Gasteiger partial charge is 0.244 e. The Hall–Kier alpha value is -0.560. The lowest BCUT2D eigenvalue weighted by molar-refractivity contribution is 0.333. The van der Waals surface area contributed by atoms with Gasteiger partial charge in [-0.2, -0.15) is 4.31 Å². The van der Waals surface area contributed by atoms with Gasteiger partial charge >= 0.3 is 0 Å². The summed E-state index contributed by atoms with van der Waals surface area (Å²) in [5, 5.41) is 0. The van der Waals surface area contributed by atoms with Gasteiger partial charge in [-0.1, -0.05) is 6.92 Å². The Labute approximate surface area is 127 Å². The van der Waals surface area contributed by atoms with E-state index in [9.17, 15) is 8.42 Å². The molecule has 0 fully saturated rings. The van der Waals surface area contributed by atoms with Crippen LogP contribution in [0.15, 0.2) is 17.2 Å². The van der Waals surface area contributed by atoms with Crippen LogP contribution in [0.3, 0.4) is 0 Å². The highest BCUT2D eigenvalue weighted by molar-refractivity contribution is 7.89. The van der Waals surface area contributed by atoms with Crippen LogP contribution in [0.5, 0.6) is 0 Å². The monoisotopic (exact) mass is 321 g/mol. The van der Waals surface area contributed by atoms with E-state index in [1.165, 1.54) is 0 Å². The average Bonchev–Trinajstić information content (AvgIpc) is 2.76. The van der Waals surface area contributed by atoms with E-state index in [2.05, 4.69) is 0 Å². The Kier molecular flexibility index (Phi) is 6.51. The summed E-state index contributed by atoms with van der Waals surface area (Å²) in [5.41, 5.74) is 0.800. The highest BCUT2D eigenvalue weighted by atomic mass is 35.5. The fourth-order valence-corrected chi connectivity index (χ4v) is 3.80. The molecule has 20 heavy (non-hydrogen) atoms. The zero-order chi connectivity index (χ0) is 15.3. The van der Waals surface area contributed by atoms with Crippen molar-refractivity contribution in [1.82, 2.24) is 13.8 Å². The Morgan fingerprint density at radius 3 is 2.35 bits per heavy atom. The van der Waals surface area contributed by atoms with E-state index < -0.39 is 10.0 Å². The number of hydrogen-bond acceptors (Lipinski definition) is 3. The van der Waals surface area contributed by atoms with Crippen molar-refractivity contribution in [2.24, 2.45) is 7.05 Å². The molecule has 1 aromatic rings. The van der Waals surface area contributed by atoms with Gasteiger partial charge in [-0.05, 0) is 26.6 Å². The first-order valence-corrected chi connectivity index (χ1v) is 8.66. The molecule has 116 valence electrons. The standard InChI is InChI=1S/C13H24ClN3O2S/c1-5-6-17(8-7-15(2)3)20(18,19)13-9-12(10-14)16(4)11-13/h9,11H,5-8,10H2,1-4H3. The summed E-state index contributed by atoms with van der Waals surface area (Å²) in [6.45, 7) is 3.71. The molecule has 0 spiro atoms. The second-order valence-electron chi connectivity index (χ2n) is 5.12. The molecule has 0 aliphatic rings. The quantitative estimate of drug-likeness (QED) is 0.685. The predicted molar refractivity (Wildman–Crippen MR) is 82.6 cm³/mol. The molecule has 0 N–H and O–H groups in total. The summed E-state index contributed by atoms with van der Waals surface area (Å²) < 4.78 is 28.6. The fourth-order valence-electron chi connectivity index (χ4n) is 1.91. The van der Waals surface area contributed by atoms with Gasteiger partial charge in [0.15, 0.2) is 0 Å². The molecule has 0 atom stereocenters. The van der Waals surface area contributed by atoms with Crippen molar-refractivity contribution in [3.8, 4) is 0 Å². The number of rotatable bonds is 8. The van der Waals surface area contributed by atoms with Gasteiger partial charge in [-0.25, -0.2) is 8.42 Å². The highest BCUT2D eigenvalue weighted by Crippen LogP contribution is 2.19. The van der Waals surface area contributed by atoms with Crippen LogP contribution in [0.1, 0.15) is 19.0 Å². The summed E-state index contributed by atoms with van der Waals surface area (Å²) in [4.78, 5) is 2.30. The van der Waals surface area contributed by atoms with Crippen LogP contribution >= 0.6 is 11.6 Å². The van der Waals surface area contributed by atoms with E-state index in [1.807, 2.05) is 25.9 Å². The van der Waals surface area contributed by atoms with E-state index in [1.54, 1.807) is 28.2 Å². The summed E-state index contributed by atoms with van der Waals surface area (Å²) in [5.74, 6) is 0.303. The van der Waals surface area contributed by atoms with Gasteiger partial charge in [0.2, 0.25) is 10.0 Å². The van der Waals surface area contributed by atoms with Crippen molar-refractivity contribution in [2.45, 2.75) is 24.1 Å². The second kappa shape index (κ2) is 7.45. The Morgan fingerprint density at radius 2 is 1.90 bits per heavy atom. The lowest BCUT2D eigenvalue weighted by Gasteiger charge is -2.22. The van der Waals surface area contributed by atoms with Gasteiger partial charge in [-0.3, -0.25) is 0 Å². The Bertz CT molecular complexity index is 526. The number of hydrogen-bond donors (Lipinski definition) is 0. The maximum absolute atomic E-state index is 12.7. The molecule has 0 saturated carbocycles. The van der Waals surface area contributed by atoms with Gasteiger partial charge in [0.1, 0.15) is 4.90 Å². The van der Waals surface area contributed by atoms with Crippen LogP contribution in [0.4, 0.5) is 0 Å². The van der Waals surface area contributed by atoms with Crippen LogP contribution in [0.2, 0.25) is 0 Å². The molecule has 0 bridgehead atoms. The van der Waals surface area contributed by atoms with E-state index in [-0.39, 0.29) is 0 Å². The van der Waals surface area contributed by atoms with Gasteiger partial charge in [-0.15, -0.1) is 11.6 Å². The molecule has 1 aromatic heterocycles. The molecule has 0 unspecified atom stereocenters. The molecule has 5 nitrogen and oxygen atoms in total. The highest BCUT2D eigenvalue weighted by Gasteiger charge is 2.25. The number of halogens is 1. The predicted octanol–water partition coefficient (Wildman–Crippen LogP) is 1.73. The molecule has 0 amide bonds. The fraction of sp³-hybridized carbons (Fsp3) is 0.692. The van der Waals surface area contributed by atoms with Crippen molar-refractivity contribution in [3.63, 3.8) is 0 Å². The lowest BCUT2D eigenvalue weighted by atomic mass is 10.4. The molecule has 0 aromatic carbocycles. The van der Waals surface area contributed by atoms with Crippen LogP contribution < -0.4 is 0 Å². The number of sulfonamides is 1. The Morgan fingerprint density at radius 1 is 1.25 bits per heavy atom. The molecule has 7 heteroatoms. The van der Waals surface area contributed by atoms with Crippen molar-refractivity contribution < 1.29 is 8.42 Å². The third kappa shape index (κ3) is 4.22. The molecule has 0 aliphatic heterocycles. The van der Waals surface area contributed by atoms with Crippen molar-refractivity contribution >= 4 is 21.6 Å². The second-order valence-corrected chi connectivity index (χ2v) is 7.32. The normalized spacial score (nSPS) is 12.6. The SMILES string of the molecule is CCCN(CCN(C)C)S(=O)(=O)c1cc(CCl)n(C)c1. The van der Waals surface area contributed by atoms with Crippen LogP contribution in [-0.4, -0.2) is 55.9 Å². The third-order valence-corrected chi connectivity index (χ3v) is 5.26. The van der Waals surface area contributed by atoms with E-state index >= 15 is 0 Å². The zero-order valence-corrected chi connectivity index (χ0v) is 14.2. The molecular formula is C13H24ClN3O2S. The Balaban J connectivity index is 3.02. The third-order valence-electron chi connectivity index (χ3n) is 3.13. The van der Waals surface area contributed by atoms with Crippen molar-refractivity contribution in [1.29, 1.82) is 0 Å². The van der Waals surface area contributed by atoms with Crippen LogP contribution in [0, 0.1) is 0 Å². The average molecular weight is 322 g/mol. The molecule has 1 rings (SSSR count). The first-order chi connectivity index (χ1) is 9.32. The van der Waals surface area contributed by atoms with Gasteiger partial charge in [0.25, 0.3) is 0 Å². The van der Waals surface area contributed by atoms with E-state index in [0.717, 1.165) is 12.1 Å². The molecule has 0 saturated heterocycles. The minimum atomic E-state index is -3.44. The van der Waals surface area contributed by atoms with Crippen LogP contribution in [0.25, 0.3) is 0 Å². The zero-order valence-electron chi connectivity index (χ0n) is 12.6. The first kappa shape index (κ1) is 17.5. The minimum Gasteiger partial charge on any atom is -0.352 e.